The van der Waals surface area contributed by atoms with E-state index in [2.05, 4.69) is 17.4 Å². The molecule has 1 aromatic rings. The third-order valence-corrected chi connectivity index (χ3v) is 3.39. The van der Waals surface area contributed by atoms with E-state index < -0.39 is 0 Å². The molecule has 0 aliphatic heterocycles. The van der Waals surface area contributed by atoms with Crippen LogP contribution in [0.25, 0.3) is 0 Å². The molecule has 0 saturated carbocycles. The zero-order valence-corrected chi connectivity index (χ0v) is 13.2. The van der Waals surface area contributed by atoms with Crippen LogP contribution >= 0.6 is 0 Å². The van der Waals surface area contributed by atoms with E-state index in [1.54, 1.807) is 12.0 Å². The van der Waals surface area contributed by atoms with Gasteiger partial charge in [0.2, 0.25) is 5.91 Å². The molecule has 0 spiro atoms. The molecular formula is C16H26N2O2. The Morgan fingerprint density at radius 2 is 1.90 bits per heavy atom. The van der Waals surface area contributed by atoms with Gasteiger partial charge >= 0.3 is 0 Å². The predicted octanol–water partition coefficient (Wildman–Crippen LogP) is 2.27. The highest BCUT2D eigenvalue weighted by Gasteiger charge is 2.11. The van der Waals surface area contributed by atoms with Crippen molar-refractivity contribution in [1.82, 2.24) is 10.2 Å². The molecular weight excluding hydrogens is 252 g/mol. The second-order valence-corrected chi connectivity index (χ2v) is 5.22. The summed E-state index contributed by atoms with van der Waals surface area (Å²) < 4.78 is 5.36. The van der Waals surface area contributed by atoms with E-state index in [0.29, 0.717) is 13.0 Å². The van der Waals surface area contributed by atoms with Gasteiger partial charge in [-0.2, -0.15) is 0 Å². The maximum absolute atomic E-state index is 12.0. The van der Waals surface area contributed by atoms with E-state index in [-0.39, 0.29) is 5.91 Å². The summed E-state index contributed by atoms with van der Waals surface area (Å²) in [7, 11) is 5.44. The minimum atomic E-state index is 0.186. The number of methoxy groups -OCH3 is 1. The smallest absolute Gasteiger partial charge is 0.222 e. The van der Waals surface area contributed by atoms with Gasteiger partial charge in [-0.05, 0) is 50.6 Å². The lowest BCUT2D eigenvalue weighted by Gasteiger charge is -2.19. The first kappa shape index (κ1) is 16.5. The van der Waals surface area contributed by atoms with Crippen molar-refractivity contribution in [2.75, 3.05) is 27.7 Å². The molecule has 1 aromatic carbocycles. The lowest BCUT2D eigenvalue weighted by molar-refractivity contribution is -0.130. The molecule has 0 aliphatic rings. The summed E-state index contributed by atoms with van der Waals surface area (Å²) in [4.78, 5) is 13.8. The second-order valence-electron chi connectivity index (χ2n) is 5.22. The molecule has 4 nitrogen and oxygen atoms in total. The maximum atomic E-state index is 12.0. The summed E-state index contributed by atoms with van der Waals surface area (Å²) in [5, 5.41) is 3.05. The van der Waals surface area contributed by atoms with E-state index in [1.807, 2.05) is 27.9 Å². The van der Waals surface area contributed by atoms with Crippen LogP contribution in [0, 0.1) is 13.8 Å². The number of hydrogen-bond donors (Lipinski definition) is 1. The maximum Gasteiger partial charge on any atom is 0.222 e. The summed E-state index contributed by atoms with van der Waals surface area (Å²) in [5.41, 5.74) is 3.36. The van der Waals surface area contributed by atoms with Crippen molar-refractivity contribution in [1.29, 1.82) is 0 Å². The molecule has 0 aromatic heterocycles. The Labute approximate surface area is 122 Å². The summed E-state index contributed by atoms with van der Waals surface area (Å²) >= 11 is 0. The van der Waals surface area contributed by atoms with Crippen molar-refractivity contribution < 1.29 is 9.53 Å². The van der Waals surface area contributed by atoms with Gasteiger partial charge in [0.1, 0.15) is 5.75 Å². The molecule has 0 unspecified atom stereocenters. The number of amides is 1. The van der Waals surface area contributed by atoms with Crippen molar-refractivity contribution in [3.05, 3.63) is 28.8 Å². The van der Waals surface area contributed by atoms with Gasteiger partial charge in [-0.25, -0.2) is 0 Å². The normalized spacial score (nSPS) is 10.4. The van der Waals surface area contributed by atoms with E-state index in [4.69, 9.17) is 4.74 Å². The Hall–Kier alpha value is -1.55. The zero-order chi connectivity index (χ0) is 15.1. The predicted molar refractivity (Wildman–Crippen MR) is 82.1 cm³/mol. The first-order chi connectivity index (χ1) is 9.49. The van der Waals surface area contributed by atoms with Crippen LogP contribution in [-0.4, -0.2) is 38.6 Å². The minimum absolute atomic E-state index is 0.186. The molecule has 0 atom stereocenters. The fourth-order valence-corrected chi connectivity index (χ4v) is 2.42. The van der Waals surface area contributed by atoms with Gasteiger partial charge in [0.05, 0.1) is 7.11 Å². The van der Waals surface area contributed by atoms with Crippen LogP contribution in [0.2, 0.25) is 0 Å². The van der Waals surface area contributed by atoms with E-state index >= 15 is 0 Å². The third-order valence-electron chi connectivity index (χ3n) is 3.39. The molecule has 0 bridgehead atoms. The molecule has 0 saturated heterocycles. The fourth-order valence-electron chi connectivity index (χ4n) is 2.42. The number of rotatable bonds is 7. The van der Waals surface area contributed by atoms with Gasteiger partial charge in [0.15, 0.2) is 0 Å². The molecule has 20 heavy (non-hydrogen) atoms. The Kier molecular flexibility index (Phi) is 6.52. The van der Waals surface area contributed by atoms with Crippen LogP contribution < -0.4 is 10.1 Å². The highest BCUT2D eigenvalue weighted by atomic mass is 16.5. The van der Waals surface area contributed by atoms with Crippen LogP contribution in [-0.2, 0) is 11.3 Å². The SMILES string of the molecule is CNCCCC(=O)N(C)Cc1cc(C)c(OC)c(C)c1. The number of nitrogens with zero attached hydrogens (tertiary/aromatic N) is 1. The number of carbonyl (C=O) groups is 1. The quantitative estimate of drug-likeness (QED) is 0.778. The number of nitrogens with one attached hydrogen (secondary N) is 1. The molecule has 0 aliphatic carbocycles. The van der Waals surface area contributed by atoms with Gasteiger partial charge in [0.25, 0.3) is 0 Å². The minimum Gasteiger partial charge on any atom is -0.496 e. The average Bonchev–Trinajstić information content (AvgIpc) is 2.38. The molecule has 112 valence electrons. The van der Waals surface area contributed by atoms with Crippen LogP contribution in [0.15, 0.2) is 12.1 Å². The lowest BCUT2D eigenvalue weighted by atomic mass is 10.1. The Bertz CT molecular complexity index is 435. The van der Waals surface area contributed by atoms with Gasteiger partial charge in [-0.15, -0.1) is 0 Å². The number of ether oxygens (including phenoxy) is 1. The van der Waals surface area contributed by atoms with Gasteiger partial charge in [-0.3, -0.25) is 4.79 Å². The second kappa shape index (κ2) is 7.90. The summed E-state index contributed by atoms with van der Waals surface area (Å²) in [5.74, 6) is 1.11. The molecule has 0 radical (unpaired) electrons. The fraction of sp³-hybridized carbons (Fsp3) is 0.562. The van der Waals surface area contributed by atoms with E-state index in [0.717, 1.165) is 35.4 Å². The van der Waals surface area contributed by atoms with Gasteiger partial charge < -0.3 is 15.0 Å². The standard InChI is InChI=1S/C16H26N2O2/c1-12-9-14(10-13(2)16(12)20-5)11-18(4)15(19)7-6-8-17-3/h9-10,17H,6-8,11H2,1-5H3. The zero-order valence-electron chi connectivity index (χ0n) is 13.2. The Morgan fingerprint density at radius 3 is 2.40 bits per heavy atom. The first-order valence-electron chi connectivity index (χ1n) is 7.02. The van der Waals surface area contributed by atoms with Crippen LogP contribution in [0.5, 0.6) is 5.75 Å². The van der Waals surface area contributed by atoms with E-state index in [9.17, 15) is 4.79 Å². The highest BCUT2D eigenvalue weighted by molar-refractivity contribution is 5.75. The van der Waals surface area contributed by atoms with Crippen LogP contribution in [0.3, 0.4) is 0 Å². The average molecular weight is 278 g/mol. The van der Waals surface area contributed by atoms with Gasteiger partial charge in [0, 0.05) is 20.0 Å². The van der Waals surface area contributed by atoms with Crippen LogP contribution in [0.4, 0.5) is 0 Å². The third kappa shape index (κ3) is 4.53. The first-order valence-corrected chi connectivity index (χ1v) is 7.02. The monoisotopic (exact) mass is 278 g/mol. The number of hydrogen-bond acceptors (Lipinski definition) is 3. The van der Waals surface area contributed by atoms with Crippen molar-refractivity contribution in [2.24, 2.45) is 0 Å². The van der Waals surface area contributed by atoms with Crippen molar-refractivity contribution in [3.63, 3.8) is 0 Å². The number of aryl methyl sites for hydroxylation is 2. The molecule has 0 heterocycles. The van der Waals surface area contributed by atoms with Crippen LogP contribution in [0.1, 0.15) is 29.5 Å². The molecule has 1 N–H and O–H groups in total. The largest absolute Gasteiger partial charge is 0.496 e. The summed E-state index contributed by atoms with van der Waals surface area (Å²) in [6.07, 6.45) is 1.46. The van der Waals surface area contributed by atoms with Crippen molar-refractivity contribution in [3.8, 4) is 5.75 Å². The topological polar surface area (TPSA) is 41.6 Å². The Balaban J connectivity index is 2.66. The summed E-state index contributed by atoms with van der Waals surface area (Å²) in [6.45, 7) is 5.58. The highest BCUT2D eigenvalue weighted by Crippen LogP contribution is 2.24. The van der Waals surface area contributed by atoms with Gasteiger partial charge in [-0.1, -0.05) is 12.1 Å². The van der Waals surface area contributed by atoms with Crippen molar-refractivity contribution in [2.45, 2.75) is 33.2 Å². The molecule has 1 amide bonds. The lowest BCUT2D eigenvalue weighted by Crippen LogP contribution is -2.26. The van der Waals surface area contributed by atoms with E-state index in [1.165, 1.54) is 0 Å². The van der Waals surface area contributed by atoms with Crippen molar-refractivity contribution >= 4 is 5.91 Å². The molecule has 1 rings (SSSR count). The molecule has 4 heteroatoms. The molecule has 0 fully saturated rings. The summed E-state index contributed by atoms with van der Waals surface area (Å²) in [6, 6.07) is 4.17. The Morgan fingerprint density at radius 1 is 1.30 bits per heavy atom. The number of carbonyl (C=O) groups excluding carboxylic acids is 1. The number of benzene rings is 1.